The summed E-state index contributed by atoms with van der Waals surface area (Å²) < 4.78 is 5.82. The molecule has 0 saturated heterocycles. The second-order valence-electron chi connectivity index (χ2n) is 6.10. The maximum Gasteiger partial charge on any atom is 0.143 e. The lowest BCUT2D eigenvalue weighted by Gasteiger charge is -2.09. The van der Waals surface area contributed by atoms with Gasteiger partial charge in [-0.25, -0.2) is 9.97 Å². The molecule has 0 saturated carbocycles. The number of nitrogens with two attached hydrogens (primary N) is 1. The van der Waals surface area contributed by atoms with Gasteiger partial charge in [-0.3, -0.25) is 0 Å². The number of aromatic nitrogens is 3. The largest absolute Gasteiger partial charge is 0.489 e. The molecular weight excluding hydrogens is 350 g/mol. The summed E-state index contributed by atoms with van der Waals surface area (Å²) in [7, 11) is 0. The van der Waals surface area contributed by atoms with Gasteiger partial charge in [0.25, 0.3) is 0 Å². The maximum absolute atomic E-state index is 5.82. The van der Waals surface area contributed by atoms with E-state index in [0.29, 0.717) is 19.0 Å². The van der Waals surface area contributed by atoms with Crippen molar-refractivity contribution in [2.45, 2.75) is 6.61 Å². The Morgan fingerprint density at radius 2 is 1.86 bits per heavy atom. The fourth-order valence-corrected chi connectivity index (χ4v) is 2.77. The number of hydrogen-bond acceptors (Lipinski definition) is 5. The molecule has 138 valence electrons. The number of nitrogens with zero attached hydrogens (tertiary/aromatic N) is 2. The van der Waals surface area contributed by atoms with Gasteiger partial charge in [0.1, 0.15) is 30.1 Å². The fraction of sp³-hybridized carbons (Fsp3) is 0.0909. The van der Waals surface area contributed by atoms with E-state index in [-0.39, 0.29) is 0 Å². The van der Waals surface area contributed by atoms with Crippen molar-refractivity contribution in [3.8, 4) is 17.6 Å². The van der Waals surface area contributed by atoms with Crippen LogP contribution in [0.4, 0.5) is 11.5 Å². The zero-order valence-electron chi connectivity index (χ0n) is 15.1. The standard InChI is InChI=1S/C22H19N5O/c23-12-4-7-18-13-20-21(24-15-25-22(20)27-18)26-17-8-10-19(11-9-17)28-14-16-5-2-1-3-6-16/h1-3,5-6,8-11,13,15H,12,14,23H2,(H2,24,25,26,27). The van der Waals surface area contributed by atoms with Gasteiger partial charge in [0, 0.05) is 5.69 Å². The summed E-state index contributed by atoms with van der Waals surface area (Å²) in [6.45, 7) is 0.848. The van der Waals surface area contributed by atoms with Gasteiger partial charge in [-0.15, -0.1) is 0 Å². The van der Waals surface area contributed by atoms with E-state index in [2.05, 4.69) is 32.1 Å². The van der Waals surface area contributed by atoms with Crippen LogP contribution < -0.4 is 15.8 Å². The molecule has 0 bridgehead atoms. The quantitative estimate of drug-likeness (QED) is 0.468. The van der Waals surface area contributed by atoms with Crippen LogP contribution in [0.3, 0.4) is 0 Å². The van der Waals surface area contributed by atoms with Gasteiger partial charge in [0.2, 0.25) is 0 Å². The number of ether oxygens (including phenoxy) is 1. The third-order valence-electron chi connectivity index (χ3n) is 4.12. The van der Waals surface area contributed by atoms with Crippen molar-refractivity contribution in [3.63, 3.8) is 0 Å². The van der Waals surface area contributed by atoms with Crippen LogP contribution in [0.2, 0.25) is 0 Å². The summed E-state index contributed by atoms with van der Waals surface area (Å²) in [6.07, 6.45) is 1.51. The Kier molecular flexibility index (Phi) is 5.18. The summed E-state index contributed by atoms with van der Waals surface area (Å²) in [4.78, 5) is 11.8. The maximum atomic E-state index is 5.82. The van der Waals surface area contributed by atoms with Gasteiger partial charge >= 0.3 is 0 Å². The molecule has 0 spiro atoms. The van der Waals surface area contributed by atoms with Crippen molar-refractivity contribution < 1.29 is 4.74 Å². The van der Waals surface area contributed by atoms with E-state index < -0.39 is 0 Å². The molecular formula is C22H19N5O. The van der Waals surface area contributed by atoms with Crippen LogP contribution in [0, 0.1) is 11.8 Å². The number of H-pyrrole nitrogens is 1. The van der Waals surface area contributed by atoms with Crippen LogP contribution in [-0.4, -0.2) is 21.5 Å². The summed E-state index contributed by atoms with van der Waals surface area (Å²) in [5.74, 6) is 7.32. The smallest absolute Gasteiger partial charge is 0.143 e. The Balaban J connectivity index is 1.47. The van der Waals surface area contributed by atoms with Gasteiger partial charge < -0.3 is 20.8 Å². The third kappa shape index (κ3) is 4.11. The molecule has 0 atom stereocenters. The minimum absolute atomic E-state index is 0.310. The molecule has 0 aliphatic heterocycles. The highest BCUT2D eigenvalue weighted by atomic mass is 16.5. The highest BCUT2D eigenvalue weighted by Gasteiger charge is 2.07. The van der Waals surface area contributed by atoms with Crippen LogP contribution in [-0.2, 0) is 6.61 Å². The fourth-order valence-electron chi connectivity index (χ4n) is 2.77. The predicted molar refractivity (Wildman–Crippen MR) is 110 cm³/mol. The normalized spacial score (nSPS) is 10.3. The number of rotatable bonds is 5. The molecule has 0 aliphatic rings. The lowest BCUT2D eigenvalue weighted by atomic mass is 10.2. The van der Waals surface area contributed by atoms with Crippen LogP contribution in [0.1, 0.15) is 11.3 Å². The van der Waals surface area contributed by atoms with E-state index in [9.17, 15) is 0 Å². The van der Waals surface area contributed by atoms with Gasteiger partial charge in [-0.05, 0) is 41.8 Å². The second-order valence-corrected chi connectivity index (χ2v) is 6.10. The number of hydrogen-bond donors (Lipinski definition) is 3. The van der Waals surface area contributed by atoms with Crippen molar-refractivity contribution in [1.82, 2.24) is 15.0 Å². The molecule has 2 aromatic carbocycles. The lowest BCUT2D eigenvalue weighted by Crippen LogP contribution is -1.97. The number of fused-ring (bicyclic) bond motifs is 1. The van der Waals surface area contributed by atoms with Crippen molar-refractivity contribution >= 4 is 22.5 Å². The number of benzene rings is 2. The van der Waals surface area contributed by atoms with Crippen LogP contribution >= 0.6 is 0 Å². The van der Waals surface area contributed by atoms with Gasteiger partial charge in [-0.2, -0.15) is 0 Å². The predicted octanol–water partition coefficient (Wildman–Crippen LogP) is 3.59. The Labute approximate surface area is 162 Å². The minimum Gasteiger partial charge on any atom is -0.489 e. The Morgan fingerprint density at radius 1 is 1.04 bits per heavy atom. The van der Waals surface area contributed by atoms with Crippen LogP contribution in [0.15, 0.2) is 67.0 Å². The molecule has 0 aliphatic carbocycles. The average Bonchev–Trinajstić information content (AvgIpc) is 3.17. The Morgan fingerprint density at radius 3 is 2.64 bits per heavy atom. The van der Waals surface area contributed by atoms with Gasteiger partial charge in [-0.1, -0.05) is 36.3 Å². The summed E-state index contributed by atoms with van der Waals surface area (Å²) in [6, 6.07) is 19.8. The van der Waals surface area contributed by atoms with E-state index in [4.69, 9.17) is 10.5 Å². The first-order valence-electron chi connectivity index (χ1n) is 8.88. The first-order chi connectivity index (χ1) is 13.8. The molecule has 0 fully saturated rings. The van der Waals surface area contributed by atoms with Crippen molar-refractivity contribution in [2.75, 3.05) is 11.9 Å². The molecule has 0 radical (unpaired) electrons. The summed E-state index contributed by atoms with van der Waals surface area (Å²) >= 11 is 0. The molecule has 28 heavy (non-hydrogen) atoms. The molecule has 6 heteroatoms. The SMILES string of the molecule is NCC#Cc1cc2c(Nc3ccc(OCc4ccccc4)cc3)ncnc2[nH]1. The highest BCUT2D eigenvalue weighted by molar-refractivity contribution is 5.90. The van der Waals surface area contributed by atoms with Gasteiger partial charge in [0.15, 0.2) is 0 Å². The summed E-state index contributed by atoms with van der Waals surface area (Å²) in [5.41, 5.74) is 8.95. The van der Waals surface area contributed by atoms with E-state index in [1.165, 1.54) is 6.33 Å². The van der Waals surface area contributed by atoms with E-state index in [1.54, 1.807) is 0 Å². The monoisotopic (exact) mass is 369 g/mol. The molecule has 2 aromatic heterocycles. The van der Waals surface area contributed by atoms with Crippen molar-refractivity contribution in [3.05, 3.63) is 78.2 Å². The Hall–Kier alpha value is -3.82. The van der Waals surface area contributed by atoms with E-state index in [1.807, 2.05) is 60.7 Å². The van der Waals surface area contributed by atoms with Gasteiger partial charge in [0.05, 0.1) is 17.6 Å². The van der Waals surface area contributed by atoms with E-state index in [0.717, 1.165) is 33.7 Å². The second kappa shape index (κ2) is 8.25. The molecule has 4 rings (SSSR count). The highest BCUT2D eigenvalue weighted by Crippen LogP contribution is 2.25. The Bertz CT molecular complexity index is 1120. The molecule has 2 heterocycles. The minimum atomic E-state index is 0.310. The zero-order chi connectivity index (χ0) is 19.2. The van der Waals surface area contributed by atoms with Crippen LogP contribution in [0.25, 0.3) is 11.0 Å². The third-order valence-corrected chi connectivity index (χ3v) is 4.12. The molecule has 0 unspecified atom stereocenters. The number of anilines is 2. The van der Waals surface area contributed by atoms with Crippen molar-refractivity contribution in [2.24, 2.45) is 5.73 Å². The zero-order valence-corrected chi connectivity index (χ0v) is 15.1. The number of aromatic amines is 1. The van der Waals surface area contributed by atoms with Crippen LogP contribution in [0.5, 0.6) is 5.75 Å². The lowest BCUT2D eigenvalue weighted by molar-refractivity contribution is 0.306. The number of nitrogens with one attached hydrogen (secondary N) is 2. The molecule has 4 N–H and O–H groups in total. The molecule has 4 aromatic rings. The van der Waals surface area contributed by atoms with E-state index >= 15 is 0 Å². The van der Waals surface area contributed by atoms with Crippen molar-refractivity contribution in [1.29, 1.82) is 0 Å². The average molecular weight is 369 g/mol. The first-order valence-corrected chi connectivity index (χ1v) is 8.88. The first kappa shape index (κ1) is 17.6. The molecule has 6 nitrogen and oxygen atoms in total. The topological polar surface area (TPSA) is 88.8 Å². The summed E-state index contributed by atoms with van der Waals surface area (Å²) in [5, 5.41) is 4.19. The molecule has 0 amide bonds.